The highest BCUT2D eigenvalue weighted by atomic mass is 32.1. The van der Waals surface area contributed by atoms with E-state index in [0.717, 1.165) is 12.2 Å². The smallest absolute Gasteiger partial charge is 0.134 e. The number of nitrogens with one attached hydrogen (secondary N) is 1. The summed E-state index contributed by atoms with van der Waals surface area (Å²) in [5, 5.41) is 6.87. The largest absolute Gasteiger partial charge is 0.379 e. The monoisotopic (exact) mass is 248 g/mol. The number of rotatable bonds is 3. The predicted octanol–water partition coefficient (Wildman–Crippen LogP) is 3.28. The fourth-order valence-electron chi connectivity index (χ4n) is 2.56. The van der Waals surface area contributed by atoms with E-state index in [2.05, 4.69) is 27.8 Å². The van der Waals surface area contributed by atoms with E-state index in [0.29, 0.717) is 12.1 Å². The van der Waals surface area contributed by atoms with Gasteiger partial charge in [0, 0.05) is 23.4 Å². The van der Waals surface area contributed by atoms with Gasteiger partial charge in [-0.2, -0.15) is 0 Å². The maximum Gasteiger partial charge on any atom is 0.134 e. The van der Waals surface area contributed by atoms with Gasteiger partial charge in [-0.3, -0.25) is 0 Å². The highest BCUT2D eigenvalue weighted by molar-refractivity contribution is 7.17. The number of anilines is 1. The summed E-state index contributed by atoms with van der Waals surface area (Å²) in [7, 11) is 1.79. The minimum absolute atomic E-state index is 0.325. The predicted molar refractivity (Wildman–Crippen MR) is 71.7 cm³/mol. The van der Waals surface area contributed by atoms with Gasteiger partial charge in [0.25, 0.3) is 0 Å². The highest BCUT2D eigenvalue weighted by Gasteiger charge is 2.27. The standard InChI is InChI=1S/C13H16N2OS/c1-16-11-4-2-3-10(11)15-13-9-6-8-17-12(9)5-7-14-13/h5-8,10-11H,2-4H2,1H3,(H,14,15). The quantitative estimate of drug-likeness (QED) is 0.905. The minimum atomic E-state index is 0.325. The Labute approximate surface area is 105 Å². The first kappa shape index (κ1) is 11.0. The van der Waals surface area contributed by atoms with Crippen molar-refractivity contribution < 1.29 is 4.74 Å². The van der Waals surface area contributed by atoms with Crippen molar-refractivity contribution in [2.75, 3.05) is 12.4 Å². The lowest BCUT2D eigenvalue weighted by Gasteiger charge is -2.20. The fraction of sp³-hybridized carbons (Fsp3) is 0.462. The van der Waals surface area contributed by atoms with Crippen molar-refractivity contribution in [1.82, 2.24) is 4.98 Å². The Balaban J connectivity index is 1.87. The molecule has 3 rings (SSSR count). The summed E-state index contributed by atoms with van der Waals surface area (Å²) in [6.45, 7) is 0. The second-order valence-corrected chi connectivity index (χ2v) is 5.40. The highest BCUT2D eigenvalue weighted by Crippen LogP contribution is 2.29. The van der Waals surface area contributed by atoms with Crippen molar-refractivity contribution in [3.05, 3.63) is 23.7 Å². The van der Waals surface area contributed by atoms with E-state index < -0.39 is 0 Å². The molecular formula is C13H16N2OS. The molecule has 2 aromatic rings. The number of nitrogens with zero attached hydrogens (tertiary/aromatic N) is 1. The molecule has 1 aliphatic rings. The molecule has 17 heavy (non-hydrogen) atoms. The number of pyridine rings is 1. The fourth-order valence-corrected chi connectivity index (χ4v) is 3.34. The number of hydrogen-bond donors (Lipinski definition) is 1. The number of methoxy groups -OCH3 is 1. The van der Waals surface area contributed by atoms with Crippen LogP contribution in [0, 0.1) is 0 Å². The summed E-state index contributed by atoms with van der Waals surface area (Å²) in [6.07, 6.45) is 5.74. The molecule has 1 fully saturated rings. The Morgan fingerprint density at radius 2 is 2.35 bits per heavy atom. The van der Waals surface area contributed by atoms with Gasteiger partial charge in [0.2, 0.25) is 0 Å². The van der Waals surface area contributed by atoms with Gasteiger partial charge in [0.05, 0.1) is 12.1 Å². The molecule has 0 aliphatic heterocycles. The van der Waals surface area contributed by atoms with Crippen molar-refractivity contribution in [2.45, 2.75) is 31.4 Å². The molecule has 0 aromatic carbocycles. The first-order valence-electron chi connectivity index (χ1n) is 6.00. The second-order valence-electron chi connectivity index (χ2n) is 4.45. The molecule has 1 saturated carbocycles. The first-order valence-corrected chi connectivity index (χ1v) is 6.88. The van der Waals surface area contributed by atoms with Gasteiger partial charge in [-0.1, -0.05) is 0 Å². The van der Waals surface area contributed by atoms with E-state index >= 15 is 0 Å². The molecule has 2 atom stereocenters. The summed E-state index contributed by atoms with van der Waals surface area (Å²) < 4.78 is 6.79. The zero-order chi connectivity index (χ0) is 11.7. The van der Waals surface area contributed by atoms with Gasteiger partial charge in [-0.05, 0) is 36.8 Å². The molecule has 0 radical (unpaired) electrons. The molecular weight excluding hydrogens is 232 g/mol. The van der Waals surface area contributed by atoms with Gasteiger partial charge >= 0.3 is 0 Å². The zero-order valence-corrected chi connectivity index (χ0v) is 10.7. The molecule has 0 bridgehead atoms. The molecule has 4 heteroatoms. The molecule has 3 nitrogen and oxygen atoms in total. The Bertz CT molecular complexity index is 511. The van der Waals surface area contributed by atoms with Gasteiger partial charge in [0.1, 0.15) is 5.82 Å². The lowest BCUT2D eigenvalue weighted by Crippen LogP contribution is -2.30. The van der Waals surface area contributed by atoms with Crippen LogP contribution in [-0.4, -0.2) is 24.2 Å². The molecule has 2 aromatic heterocycles. The summed E-state index contributed by atoms with van der Waals surface area (Å²) in [5.41, 5.74) is 0. The van der Waals surface area contributed by atoms with Crippen LogP contribution in [0.1, 0.15) is 19.3 Å². The first-order chi connectivity index (χ1) is 8.38. The van der Waals surface area contributed by atoms with Crippen LogP contribution in [0.2, 0.25) is 0 Å². The van der Waals surface area contributed by atoms with Crippen LogP contribution in [0.4, 0.5) is 5.82 Å². The third kappa shape index (κ3) is 2.03. The van der Waals surface area contributed by atoms with Crippen LogP contribution >= 0.6 is 11.3 Å². The molecule has 0 amide bonds. The van der Waals surface area contributed by atoms with Crippen LogP contribution < -0.4 is 5.32 Å². The Morgan fingerprint density at radius 1 is 1.41 bits per heavy atom. The molecule has 90 valence electrons. The van der Waals surface area contributed by atoms with Crippen molar-refractivity contribution >= 4 is 27.2 Å². The average molecular weight is 248 g/mol. The number of hydrogen-bond acceptors (Lipinski definition) is 4. The lowest BCUT2D eigenvalue weighted by atomic mass is 10.2. The number of aromatic nitrogens is 1. The van der Waals surface area contributed by atoms with Crippen LogP contribution in [0.3, 0.4) is 0 Å². The van der Waals surface area contributed by atoms with Crippen molar-refractivity contribution in [1.29, 1.82) is 0 Å². The SMILES string of the molecule is COC1CCCC1Nc1nccc2sccc12. The molecule has 0 spiro atoms. The Morgan fingerprint density at radius 3 is 3.24 bits per heavy atom. The zero-order valence-electron chi connectivity index (χ0n) is 9.85. The second kappa shape index (κ2) is 4.63. The van der Waals surface area contributed by atoms with E-state index in [9.17, 15) is 0 Å². The maximum atomic E-state index is 5.50. The van der Waals surface area contributed by atoms with E-state index in [1.165, 1.54) is 22.9 Å². The molecule has 0 saturated heterocycles. The third-order valence-corrected chi connectivity index (χ3v) is 4.34. The van der Waals surface area contributed by atoms with Crippen LogP contribution in [0.25, 0.3) is 10.1 Å². The van der Waals surface area contributed by atoms with Gasteiger partial charge in [-0.25, -0.2) is 4.98 Å². The molecule has 2 unspecified atom stereocenters. The summed E-state index contributed by atoms with van der Waals surface area (Å²) in [6, 6.07) is 4.60. The minimum Gasteiger partial charge on any atom is -0.379 e. The van der Waals surface area contributed by atoms with Gasteiger partial charge in [0.15, 0.2) is 0 Å². The van der Waals surface area contributed by atoms with Gasteiger partial charge < -0.3 is 10.1 Å². The maximum absolute atomic E-state index is 5.50. The van der Waals surface area contributed by atoms with Crippen LogP contribution in [0.15, 0.2) is 23.7 Å². The number of ether oxygens (including phenoxy) is 1. The molecule has 2 heterocycles. The van der Waals surface area contributed by atoms with Crippen LogP contribution in [0.5, 0.6) is 0 Å². The van der Waals surface area contributed by atoms with Crippen molar-refractivity contribution in [2.24, 2.45) is 0 Å². The molecule has 1 aliphatic carbocycles. The van der Waals surface area contributed by atoms with Gasteiger partial charge in [-0.15, -0.1) is 11.3 Å². The molecule has 1 N–H and O–H groups in total. The Kier molecular flexibility index (Phi) is 2.99. The van der Waals surface area contributed by atoms with E-state index in [1.807, 2.05) is 6.20 Å². The average Bonchev–Trinajstić information content (AvgIpc) is 2.97. The van der Waals surface area contributed by atoms with Crippen LogP contribution in [-0.2, 0) is 4.74 Å². The normalized spacial score (nSPS) is 24.3. The van der Waals surface area contributed by atoms with E-state index in [4.69, 9.17) is 4.74 Å². The van der Waals surface area contributed by atoms with E-state index in [1.54, 1.807) is 18.4 Å². The summed E-state index contributed by atoms with van der Waals surface area (Å²) in [4.78, 5) is 4.45. The lowest BCUT2D eigenvalue weighted by molar-refractivity contribution is 0.101. The Hall–Kier alpha value is -1.13. The third-order valence-electron chi connectivity index (χ3n) is 3.46. The van der Waals surface area contributed by atoms with E-state index in [-0.39, 0.29) is 0 Å². The summed E-state index contributed by atoms with van der Waals surface area (Å²) in [5.74, 6) is 0.998. The topological polar surface area (TPSA) is 34.1 Å². The number of thiophene rings is 1. The summed E-state index contributed by atoms with van der Waals surface area (Å²) >= 11 is 1.75. The number of fused-ring (bicyclic) bond motifs is 1. The van der Waals surface area contributed by atoms with Crippen molar-refractivity contribution in [3.63, 3.8) is 0 Å². The van der Waals surface area contributed by atoms with Crippen molar-refractivity contribution in [3.8, 4) is 0 Å².